The number of hydrogen-bond donors (Lipinski definition) is 2. The molecule has 0 bridgehead atoms. The first-order chi connectivity index (χ1) is 20.3. The lowest BCUT2D eigenvalue weighted by Gasteiger charge is -2.34. The van der Waals surface area contributed by atoms with E-state index in [0.717, 1.165) is 45.1 Å². The van der Waals surface area contributed by atoms with E-state index in [2.05, 4.69) is 28.8 Å². The fourth-order valence-electron chi connectivity index (χ4n) is 6.95. The summed E-state index contributed by atoms with van der Waals surface area (Å²) in [4.78, 5) is 33.4. The summed E-state index contributed by atoms with van der Waals surface area (Å²) < 4.78 is 33.7. The molecule has 2 aromatic carbocycles. The first-order valence-electron chi connectivity index (χ1n) is 14.5. The van der Waals surface area contributed by atoms with Crippen LogP contribution < -0.4 is 10.6 Å². The summed E-state index contributed by atoms with van der Waals surface area (Å²) in [7, 11) is 0. The zero-order valence-electron chi connectivity index (χ0n) is 23.4. The number of allylic oxidation sites excluding steroid dienone is 1. The zero-order chi connectivity index (χ0) is 29.0. The molecule has 0 radical (unpaired) electrons. The van der Waals surface area contributed by atoms with Crippen LogP contribution in [0.4, 0.5) is 8.78 Å². The number of halogens is 2. The number of nitrogens with one attached hydrogen (secondary N) is 2. The van der Waals surface area contributed by atoms with Crippen LogP contribution in [-0.2, 0) is 33.7 Å². The highest BCUT2D eigenvalue weighted by molar-refractivity contribution is 5.94. The number of aromatic nitrogens is 1. The topological polar surface area (TPSA) is 83.6 Å². The summed E-state index contributed by atoms with van der Waals surface area (Å²) in [6.07, 6.45) is 8.31. The summed E-state index contributed by atoms with van der Waals surface area (Å²) in [5.74, 6) is -0.794. The number of carbonyl (C=O) groups excluding carboxylic acids is 2. The number of ether oxygens (including phenoxy) is 1. The molecule has 1 fully saturated rings. The molecule has 1 spiro atoms. The Labute approximate surface area is 242 Å². The summed E-state index contributed by atoms with van der Waals surface area (Å²) >= 11 is 0. The van der Waals surface area contributed by atoms with Gasteiger partial charge in [-0.15, -0.1) is 0 Å². The molecule has 2 amide bonds. The molecule has 42 heavy (non-hydrogen) atoms. The van der Waals surface area contributed by atoms with Gasteiger partial charge >= 0.3 is 0 Å². The van der Waals surface area contributed by atoms with Gasteiger partial charge < -0.3 is 20.3 Å². The minimum absolute atomic E-state index is 0.0190. The SMILES string of the molecule is C[C@@H](c1cc(F)cc(F)c1)N(Cc1cnc2cc3c(cc2c1)C[C@@]1(C3)C(=O)NC2=C1C=CCN2)C(=O)C1CCOCC1. The number of hydrogen-bond acceptors (Lipinski definition) is 5. The van der Waals surface area contributed by atoms with Crippen LogP contribution in [0.2, 0.25) is 0 Å². The second kappa shape index (κ2) is 10.3. The maximum absolute atomic E-state index is 14.1. The monoisotopic (exact) mass is 570 g/mol. The molecule has 1 saturated heterocycles. The zero-order valence-corrected chi connectivity index (χ0v) is 23.4. The van der Waals surface area contributed by atoms with Gasteiger partial charge in [-0.2, -0.15) is 0 Å². The van der Waals surface area contributed by atoms with Gasteiger partial charge in [0, 0.05) is 55.4 Å². The molecule has 1 aliphatic carbocycles. The number of fused-ring (bicyclic) bond motifs is 3. The van der Waals surface area contributed by atoms with Crippen molar-refractivity contribution in [2.45, 2.75) is 45.2 Å². The second-order valence-electron chi connectivity index (χ2n) is 11.9. The molecular weight excluding hydrogens is 538 g/mol. The van der Waals surface area contributed by atoms with E-state index in [1.807, 2.05) is 12.1 Å². The van der Waals surface area contributed by atoms with Crippen LogP contribution in [0.5, 0.6) is 0 Å². The second-order valence-corrected chi connectivity index (χ2v) is 11.9. The van der Waals surface area contributed by atoms with E-state index in [0.29, 0.717) is 51.0 Å². The maximum atomic E-state index is 14.1. The van der Waals surface area contributed by atoms with Gasteiger partial charge in [-0.1, -0.05) is 12.2 Å². The van der Waals surface area contributed by atoms with Gasteiger partial charge in [0.25, 0.3) is 0 Å². The first-order valence-corrected chi connectivity index (χ1v) is 14.5. The molecule has 0 unspecified atom stereocenters. The number of nitrogens with zero attached hydrogens (tertiary/aromatic N) is 2. The molecule has 9 heteroatoms. The van der Waals surface area contributed by atoms with Crippen molar-refractivity contribution >= 4 is 22.7 Å². The lowest BCUT2D eigenvalue weighted by Crippen LogP contribution is -2.39. The molecule has 216 valence electrons. The van der Waals surface area contributed by atoms with E-state index in [1.54, 1.807) is 18.0 Å². The molecule has 7 nitrogen and oxygen atoms in total. The Morgan fingerprint density at radius 2 is 1.83 bits per heavy atom. The van der Waals surface area contributed by atoms with Gasteiger partial charge in [0.05, 0.1) is 17.0 Å². The van der Waals surface area contributed by atoms with Gasteiger partial charge in [0.1, 0.15) is 17.5 Å². The average Bonchev–Trinajstić information content (AvgIpc) is 3.50. The Morgan fingerprint density at radius 1 is 1.10 bits per heavy atom. The normalized spacial score (nSPS) is 22.2. The minimum atomic E-state index is -0.673. The molecule has 3 aromatic rings. The summed E-state index contributed by atoms with van der Waals surface area (Å²) in [6.45, 7) is 3.77. The minimum Gasteiger partial charge on any atom is -0.381 e. The van der Waals surface area contributed by atoms with Crippen LogP contribution >= 0.6 is 0 Å². The van der Waals surface area contributed by atoms with E-state index in [1.165, 1.54) is 12.1 Å². The van der Waals surface area contributed by atoms with E-state index in [9.17, 15) is 18.4 Å². The fraction of sp³-hybridized carbons (Fsp3) is 0.364. The molecule has 0 saturated carbocycles. The van der Waals surface area contributed by atoms with Crippen LogP contribution in [0.3, 0.4) is 0 Å². The molecule has 2 N–H and O–H groups in total. The van der Waals surface area contributed by atoms with Crippen molar-refractivity contribution in [1.29, 1.82) is 0 Å². The molecule has 4 heterocycles. The molecule has 2 atom stereocenters. The van der Waals surface area contributed by atoms with Gasteiger partial charge in [-0.3, -0.25) is 14.6 Å². The van der Waals surface area contributed by atoms with E-state index in [-0.39, 0.29) is 24.3 Å². The highest BCUT2D eigenvalue weighted by Gasteiger charge is 2.51. The highest BCUT2D eigenvalue weighted by atomic mass is 19.1. The van der Waals surface area contributed by atoms with Crippen LogP contribution in [0.1, 0.15) is 48.1 Å². The van der Waals surface area contributed by atoms with Gasteiger partial charge in [-0.05, 0) is 85.2 Å². The number of amides is 2. The van der Waals surface area contributed by atoms with Crippen LogP contribution in [0, 0.1) is 23.0 Å². The number of carbonyl (C=O) groups is 2. The Hall–Kier alpha value is -4.11. The van der Waals surface area contributed by atoms with Crippen molar-refractivity contribution in [3.63, 3.8) is 0 Å². The number of pyridine rings is 1. The Balaban J connectivity index is 1.20. The first kappa shape index (κ1) is 26.8. The van der Waals surface area contributed by atoms with Crippen molar-refractivity contribution in [2.24, 2.45) is 11.3 Å². The summed E-state index contributed by atoms with van der Waals surface area (Å²) in [6, 6.07) is 9.06. The predicted octanol–water partition coefficient (Wildman–Crippen LogP) is 4.62. The van der Waals surface area contributed by atoms with Crippen molar-refractivity contribution in [2.75, 3.05) is 19.8 Å². The third kappa shape index (κ3) is 4.56. The number of dihydropyridines is 1. The van der Waals surface area contributed by atoms with Crippen LogP contribution in [0.15, 0.2) is 66.1 Å². The van der Waals surface area contributed by atoms with Gasteiger partial charge in [-0.25, -0.2) is 8.78 Å². The average molecular weight is 571 g/mol. The third-order valence-corrected chi connectivity index (χ3v) is 9.22. The van der Waals surface area contributed by atoms with Crippen LogP contribution in [0.25, 0.3) is 10.9 Å². The summed E-state index contributed by atoms with van der Waals surface area (Å²) in [5, 5.41) is 7.24. The van der Waals surface area contributed by atoms with E-state index >= 15 is 0 Å². The predicted molar refractivity (Wildman–Crippen MR) is 153 cm³/mol. The quantitative estimate of drug-likeness (QED) is 0.468. The van der Waals surface area contributed by atoms with E-state index in [4.69, 9.17) is 9.72 Å². The Kier molecular flexibility index (Phi) is 6.57. The largest absolute Gasteiger partial charge is 0.381 e. The smallest absolute Gasteiger partial charge is 0.236 e. The molecule has 1 aromatic heterocycles. The lowest BCUT2D eigenvalue weighted by molar-refractivity contribution is -0.141. The lowest BCUT2D eigenvalue weighted by atomic mass is 9.78. The van der Waals surface area contributed by atoms with Crippen molar-refractivity contribution in [1.82, 2.24) is 20.5 Å². The number of benzene rings is 2. The van der Waals surface area contributed by atoms with Crippen LogP contribution in [-0.4, -0.2) is 41.5 Å². The molecular formula is C33H32F2N4O3. The Bertz CT molecular complexity index is 1660. The molecule has 4 aliphatic rings. The number of rotatable bonds is 5. The molecule has 3 aliphatic heterocycles. The fourth-order valence-corrected chi connectivity index (χ4v) is 6.95. The van der Waals surface area contributed by atoms with Gasteiger partial charge in [0.15, 0.2) is 0 Å². The third-order valence-electron chi connectivity index (χ3n) is 9.22. The Morgan fingerprint density at radius 3 is 2.60 bits per heavy atom. The summed E-state index contributed by atoms with van der Waals surface area (Å²) in [5.41, 5.74) is 4.66. The molecule has 7 rings (SSSR count). The van der Waals surface area contributed by atoms with Crippen molar-refractivity contribution in [3.05, 3.63) is 100 Å². The van der Waals surface area contributed by atoms with Crippen molar-refractivity contribution < 1.29 is 23.1 Å². The highest BCUT2D eigenvalue weighted by Crippen LogP contribution is 2.48. The maximum Gasteiger partial charge on any atom is 0.236 e. The van der Waals surface area contributed by atoms with E-state index < -0.39 is 23.1 Å². The van der Waals surface area contributed by atoms with Gasteiger partial charge in [0.2, 0.25) is 11.8 Å². The standard InChI is InChI=1S/C33H32F2N4O3/c1-19(22-11-26(34)14-27(35)12-22)39(31(40)21-4-7-42-8-5-21)18-20-9-23-10-24-15-33(16-25(24)13-29(23)37-17-20)28-3-2-6-36-30(28)38-32(33)41/h2-3,9-14,17,19,21,36H,4-8,15-16,18H2,1H3,(H,38,41)/t19-,33-/m0/s1. The van der Waals surface area contributed by atoms with Crippen molar-refractivity contribution in [3.8, 4) is 0 Å².